The highest BCUT2D eigenvalue weighted by atomic mass is 16.3. The summed E-state index contributed by atoms with van der Waals surface area (Å²) in [6.07, 6.45) is 5.70. The molecule has 3 aliphatic carbocycles. The second-order valence-electron chi connectivity index (χ2n) is 7.17. The van der Waals surface area contributed by atoms with Crippen LogP contribution in [0.1, 0.15) is 47.0 Å². The summed E-state index contributed by atoms with van der Waals surface area (Å²) in [6, 6.07) is 0. The Balaban J connectivity index is 1.97. The van der Waals surface area contributed by atoms with Crippen LogP contribution in [0.15, 0.2) is 11.6 Å². The maximum absolute atomic E-state index is 10.6. The average molecular weight is 220 g/mol. The third-order valence-electron chi connectivity index (χ3n) is 5.94. The molecule has 0 saturated heterocycles. The highest BCUT2D eigenvalue weighted by Gasteiger charge is 2.65. The van der Waals surface area contributed by atoms with Gasteiger partial charge in [-0.1, -0.05) is 25.5 Å². The molecule has 2 fully saturated rings. The fourth-order valence-electron chi connectivity index (χ4n) is 4.77. The quantitative estimate of drug-likeness (QED) is 0.620. The first-order valence-electron chi connectivity index (χ1n) is 6.75. The summed E-state index contributed by atoms with van der Waals surface area (Å²) in [5, 5.41) is 10.6. The topological polar surface area (TPSA) is 20.2 Å². The fraction of sp³-hybridized carbons (Fsp3) is 0.867. The summed E-state index contributed by atoms with van der Waals surface area (Å²) in [7, 11) is 0. The highest BCUT2D eigenvalue weighted by molar-refractivity contribution is 5.25. The first-order valence-corrected chi connectivity index (χ1v) is 6.75. The van der Waals surface area contributed by atoms with Crippen molar-refractivity contribution in [3.63, 3.8) is 0 Å². The number of hydrogen-bond donors (Lipinski definition) is 1. The van der Waals surface area contributed by atoms with Crippen LogP contribution in [-0.2, 0) is 0 Å². The number of allylic oxidation sites excluding steroid dienone is 2. The molecule has 3 rings (SSSR count). The van der Waals surface area contributed by atoms with E-state index in [9.17, 15) is 5.11 Å². The van der Waals surface area contributed by atoms with Gasteiger partial charge in [-0.2, -0.15) is 0 Å². The Labute approximate surface area is 98.9 Å². The molecule has 1 N–H and O–H groups in total. The molecule has 5 atom stereocenters. The standard InChI is InChI=1S/C15H24O/c1-9-5-6-10-12(9)13-11(14(13,2)3)7-8-15(10,4)16/h5,10-13,16H,6-8H2,1-4H3/t10-,11-,12-,13-,15+/m1/s1. The minimum absolute atomic E-state index is 0.428. The second-order valence-corrected chi connectivity index (χ2v) is 7.17. The van der Waals surface area contributed by atoms with Crippen LogP contribution < -0.4 is 0 Å². The Morgan fingerprint density at radius 3 is 2.62 bits per heavy atom. The molecule has 0 aromatic rings. The fourth-order valence-corrected chi connectivity index (χ4v) is 4.77. The van der Waals surface area contributed by atoms with Crippen LogP contribution in [0.25, 0.3) is 0 Å². The molecule has 1 nitrogen and oxygen atoms in total. The number of aliphatic hydroxyl groups is 1. The smallest absolute Gasteiger partial charge is 0.0656 e. The van der Waals surface area contributed by atoms with E-state index in [0.29, 0.717) is 17.3 Å². The van der Waals surface area contributed by atoms with Gasteiger partial charge in [-0.15, -0.1) is 0 Å². The minimum Gasteiger partial charge on any atom is -0.390 e. The van der Waals surface area contributed by atoms with E-state index in [1.54, 1.807) is 5.57 Å². The van der Waals surface area contributed by atoms with Crippen molar-refractivity contribution in [1.82, 2.24) is 0 Å². The Bertz CT molecular complexity index is 350. The molecule has 0 radical (unpaired) electrons. The molecule has 1 heteroatoms. The lowest BCUT2D eigenvalue weighted by Crippen LogP contribution is -2.37. The van der Waals surface area contributed by atoms with Crippen molar-refractivity contribution in [3.8, 4) is 0 Å². The van der Waals surface area contributed by atoms with E-state index >= 15 is 0 Å². The Morgan fingerprint density at radius 1 is 1.25 bits per heavy atom. The van der Waals surface area contributed by atoms with Crippen LogP contribution in [0.2, 0.25) is 0 Å². The predicted molar refractivity (Wildman–Crippen MR) is 66.0 cm³/mol. The lowest BCUT2D eigenvalue weighted by molar-refractivity contribution is -0.0236. The lowest BCUT2D eigenvalue weighted by Gasteiger charge is -2.35. The van der Waals surface area contributed by atoms with Gasteiger partial charge >= 0.3 is 0 Å². The van der Waals surface area contributed by atoms with Crippen LogP contribution in [0.3, 0.4) is 0 Å². The van der Waals surface area contributed by atoms with Gasteiger partial charge in [0.05, 0.1) is 5.60 Å². The van der Waals surface area contributed by atoms with Gasteiger partial charge in [0, 0.05) is 0 Å². The van der Waals surface area contributed by atoms with Gasteiger partial charge in [-0.3, -0.25) is 0 Å². The first kappa shape index (κ1) is 10.8. The van der Waals surface area contributed by atoms with Crippen molar-refractivity contribution in [2.45, 2.75) is 52.6 Å². The van der Waals surface area contributed by atoms with Crippen LogP contribution in [-0.4, -0.2) is 10.7 Å². The van der Waals surface area contributed by atoms with E-state index in [1.165, 1.54) is 6.42 Å². The van der Waals surface area contributed by atoms with E-state index in [4.69, 9.17) is 0 Å². The zero-order chi connectivity index (χ0) is 11.7. The molecule has 0 unspecified atom stereocenters. The number of rotatable bonds is 0. The molecular formula is C15H24O. The molecule has 90 valence electrons. The van der Waals surface area contributed by atoms with E-state index < -0.39 is 5.60 Å². The molecule has 0 amide bonds. The zero-order valence-electron chi connectivity index (χ0n) is 11.0. The van der Waals surface area contributed by atoms with E-state index in [2.05, 4.69) is 33.8 Å². The minimum atomic E-state index is -0.428. The van der Waals surface area contributed by atoms with Gasteiger partial charge in [-0.25, -0.2) is 0 Å². The predicted octanol–water partition coefficient (Wildman–Crippen LogP) is 3.39. The second kappa shape index (κ2) is 2.93. The summed E-state index contributed by atoms with van der Waals surface area (Å²) in [4.78, 5) is 0. The summed E-state index contributed by atoms with van der Waals surface area (Å²) >= 11 is 0. The Hall–Kier alpha value is -0.300. The van der Waals surface area contributed by atoms with Crippen molar-refractivity contribution >= 4 is 0 Å². The normalized spacial score (nSPS) is 53.7. The van der Waals surface area contributed by atoms with Crippen molar-refractivity contribution in [3.05, 3.63) is 11.6 Å². The molecule has 0 aromatic carbocycles. The number of hydrogen-bond acceptors (Lipinski definition) is 1. The summed E-state index contributed by atoms with van der Waals surface area (Å²) in [5.74, 6) is 2.85. The molecule has 3 aliphatic rings. The molecule has 0 aromatic heterocycles. The van der Waals surface area contributed by atoms with Gasteiger partial charge in [0.25, 0.3) is 0 Å². The number of fused-ring (bicyclic) bond motifs is 3. The molecule has 2 saturated carbocycles. The van der Waals surface area contributed by atoms with Crippen molar-refractivity contribution in [2.75, 3.05) is 0 Å². The third kappa shape index (κ3) is 1.21. The van der Waals surface area contributed by atoms with E-state index in [-0.39, 0.29) is 0 Å². The molecule has 0 bridgehead atoms. The SMILES string of the molecule is CC1=CC[C@@H]2[C@@H]1[C@H]1[C@@H](CC[C@]2(C)O)C1(C)C. The third-order valence-corrected chi connectivity index (χ3v) is 5.94. The first-order chi connectivity index (χ1) is 7.36. The summed E-state index contributed by atoms with van der Waals surface area (Å²) in [6.45, 7) is 9.18. The molecule has 16 heavy (non-hydrogen) atoms. The lowest BCUT2D eigenvalue weighted by atomic mass is 9.74. The molecule has 0 heterocycles. The molecular weight excluding hydrogens is 196 g/mol. The Kier molecular flexibility index (Phi) is 1.98. The molecule has 0 aliphatic heterocycles. The van der Waals surface area contributed by atoms with Gasteiger partial charge in [-0.05, 0) is 62.2 Å². The maximum atomic E-state index is 10.6. The highest BCUT2D eigenvalue weighted by Crippen LogP contribution is 2.70. The van der Waals surface area contributed by atoms with Gasteiger partial charge in [0.2, 0.25) is 0 Å². The summed E-state index contributed by atoms with van der Waals surface area (Å²) < 4.78 is 0. The van der Waals surface area contributed by atoms with Crippen molar-refractivity contribution in [1.29, 1.82) is 0 Å². The van der Waals surface area contributed by atoms with Crippen molar-refractivity contribution in [2.24, 2.45) is 29.1 Å². The average Bonchev–Trinajstić information content (AvgIpc) is 2.51. The van der Waals surface area contributed by atoms with E-state index in [1.807, 2.05) is 0 Å². The zero-order valence-corrected chi connectivity index (χ0v) is 11.0. The van der Waals surface area contributed by atoms with Crippen LogP contribution in [0.4, 0.5) is 0 Å². The molecule has 0 spiro atoms. The summed E-state index contributed by atoms with van der Waals surface area (Å²) in [5.41, 5.74) is 1.65. The monoisotopic (exact) mass is 220 g/mol. The van der Waals surface area contributed by atoms with Gasteiger partial charge in [0.15, 0.2) is 0 Å². The maximum Gasteiger partial charge on any atom is 0.0656 e. The van der Waals surface area contributed by atoms with Gasteiger partial charge in [0.1, 0.15) is 0 Å². The van der Waals surface area contributed by atoms with Crippen LogP contribution >= 0.6 is 0 Å². The Morgan fingerprint density at radius 2 is 1.94 bits per heavy atom. The van der Waals surface area contributed by atoms with E-state index in [0.717, 1.165) is 24.7 Å². The van der Waals surface area contributed by atoms with Gasteiger partial charge < -0.3 is 5.11 Å². The largest absolute Gasteiger partial charge is 0.390 e. The van der Waals surface area contributed by atoms with Crippen molar-refractivity contribution < 1.29 is 5.11 Å². The van der Waals surface area contributed by atoms with Crippen LogP contribution in [0, 0.1) is 29.1 Å². The van der Waals surface area contributed by atoms with Crippen LogP contribution in [0.5, 0.6) is 0 Å².